The molecule has 0 saturated carbocycles. The number of ether oxygens (including phenoxy) is 1. The van der Waals surface area contributed by atoms with Gasteiger partial charge in [0.1, 0.15) is 18.2 Å². The molecule has 0 radical (unpaired) electrons. The molecule has 0 aliphatic carbocycles. The number of amides is 1. The molecule has 10 heteroatoms. The van der Waals surface area contributed by atoms with Crippen molar-refractivity contribution < 1.29 is 13.9 Å². The first-order chi connectivity index (χ1) is 14.2. The predicted molar refractivity (Wildman–Crippen MR) is 116 cm³/mol. The fourth-order valence-corrected chi connectivity index (χ4v) is 3.65. The van der Waals surface area contributed by atoms with Crippen LogP contribution in [0.4, 0.5) is 10.1 Å². The van der Waals surface area contributed by atoms with Crippen molar-refractivity contribution in [3.63, 3.8) is 0 Å². The third-order valence-corrected chi connectivity index (χ3v) is 5.48. The van der Waals surface area contributed by atoms with E-state index in [1.165, 1.54) is 22.9 Å². The molecule has 0 spiro atoms. The summed E-state index contributed by atoms with van der Waals surface area (Å²) < 4.78 is 20.3. The lowest BCUT2D eigenvalue weighted by Crippen LogP contribution is -2.24. The monoisotopic (exact) mass is 449 g/mol. The van der Waals surface area contributed by atoms with Crippen LogP contribution in [-0.4, -0.2) is 26.0 Å². The third kappa shape index (κ3) is 5.43. The molecule has 1 atom stereocenters. The van der Waals surface area contributed by atoms with Gasteiger partial charge < -0.3 is 15.9 Å². The molecule has 1 amide bonds. The van der Waals surface area contributed by atoms with Gasteiger partial charge in [0.25, 0.3) is 0 Å². The number of nitrogens with one attached hydrogen (secondary N) is 1. The lowest BCUT2D eigenvalue weighted by Gasteiger charge is -2.12. The summed E-state index contributed by atoms with van der Waals surface area (Å²) in [5, 5.41) is 10.5. The zero-order valence-electron chi connectivity index (χ0n) is 16.6. The van der Waals surface area contributed by atoms with Crippen LogP contribution < -0.4 is 15.9 Å². The van der Waals surface area contributed by atoms with Crippen molar-refractivity contribution in [2.24, 2.45) is 0 Å². The van der Waals surface area contributed by atoms with Crippen molar-refractivity contribution in [1.82, 2.24) is 14.9 Å². The molecule has 3 N–H and O–H groups in total. The molecule has 0 fully saturated rings. The van der Waals surface area contributed by atoms with Gasteiger partial charge in [0.2, 0.25) is 11.1 Å². The van der Waals surface area contributed by atoms with Crippen LogP contribution in [0.25, 0.3) is 0 Å². The smallest absolute Gasteiger partial charge is 0.237 e. The van der Waals surface area contributed by atoms with Gasteiger partial charge in [0, 0.05) is 5.69 Å². The van der Waals surface area contributed by atoms with E-state index in [1.54, 1.807) is 6.92 Å². The highest BCUT2D eigenvalue weighted by atomic mass is 35.5. The quantitative estimate of drug-likeness (QED) is 0.416. The van der Waals surface area contributed by atoms with Crippen LogP contribution in [0.5, 0.6) is 5.75 Å². The number of nitrogens with two attached hydrogens (primary N) is 1. The maximum Gasteiger partial charge on any atom is 0.237 e. The minimum absolute atomic E-state index is 0.0664. The topological polar surface area (TPSA) is 95.1 Å². The summed E-state index contributed by atoms with van der Waals surface area (Å²) >= 11 is 6.88. The first-order valence-corrected chi connectivity index (χ1v) is 10.3. The van der Waals surface area contributed by atoms with Gasteiger partial charge in [-0.25, -0.2) is 9.07 Å². The number of nitrogens with zero attached hydrogens (tertiary/aromatic N) is 3. The van der Waals surface area contributed by atoms with Gasteiger partial charge in [0.05, 0.1) is 10.3 Å². The summed E-state index contributed by atoms with van der Waals surface area (Å²) in [4.78, 5) is 12.4. The van der Waals surface area contributed by atoms with E-state index in [1.807, 2.05) is 26.0 Å². The van der Waals surface area contributed by atoms with Crippen LogP contribution in [0.3, 0.4) is 0 Å². The second kappa shape index (κ2) is 9.36. The molecular weight excluding hydrogens is 429 g/mol. The summed E-state index contributed by atoms with van der Waals surface area (Å²) in [5.74, 6) is 6.35. The molecule has 3 aromatic rings. The molecular formula is C20H21ClFN5O2S. The molecule has 0 bridgehead atoms. The Balaban J connectivity index is 1.60. The summed E-state index contributed by atoms with van der Waals surface area (Å²) in [6, 6.07) is 9.88. The predicted octanol–water partition coefficient (Wildman–Crippen LogP) is 4.10. The number of rotatable bonds is 7. The fourth-order valence-electron chi connectivity index (χ4n) is 2.68. The van der Waals surface area contributed by atoms with E-state index in [4.69, 9.17) is 22.2 Å². The van der Waals surface area contributed by atoms with Crippen LogP contribution in [-0.2, 0) is 11.4 Å². The molecule has 0 saturated heterocycles. The average molecular weight is 450 g/mol. The van der Waals surface area contributed by atoms with Crippen molar-refractivity contribution in [3.05, 3.63) is 64.2 Å². The largest absolute Gasteiger partial charge is 0.486 e. The number of aryl methyl sites for hydroxylation is 2. The van der Waals surface area contributed by atoms with Gasteiger partial charge >= 0.3 is 0 Å². The van der Waals surface area contributed by atoms with Gasteiger partial charge in [-0.2, -0.15) is 0 Å². The molecule has 7 nitrogen and oxygen atoms in total. The van der Waals surface area contributed by atoms with E-state index in [0.29, 0.717) is 16.7 Å². The van der Waals surface area contributed by atoms with Gasteiger partial charge in [-0.1, -0.05) is 29.4 Å². The van der Waals surface area contributed by atoms with Crippen molar-refractivity contribution in [2.45, 2.75) is 37.8 Å². The zero-order chi connectivity index (χ0) is 21.8. The van der Waals surface area contributed by atoms with Crippen molar-refractivity contribution in [3.8, 4) is 5.75 Å². The van der Waals surface area contributed by atoms with Crippen LogP contribution in [0, 0.1) is 19.7 Å². The minimum Gasteiger partial charge on any atom is -0.486 e. The number of aromatic nitrogens is 3. The Morgan fingerprint density at radius 2 is 1.97 bits per heavy atom. The number of nitrogen functional groups attached to an aromatic ring is 1. The Morgan fingerprint density at radius 3 is 2.63 bits per heavy atom. The van der Waals surface area contributed by atoms with E-state index in [-0.39, 0.29) is 17.5 Å². The Labute approximate surface area is 182 Å². The fraction of sp³-hybridized carbons (Fsp3) is 0.250. The molecule has 3 rings (SSSR count). The molecule has 1 heterocycles. The summed E-state index contributed by atoms with van der Waals surface area (Å²) in [5.41, 5.74) is 2.59. The van der Waals surface area contributed by atoms with Gasteiger partial charge in [-0.3, -0.25) is 4.79 Å². The van der Waals surface area contributed by atoms with Crippen LogP contribution >= 0.6 is 23.4 Å². The van der Waals surface area contributed by atoms with Crippen molar-refractivity contribution >= 4 is 35.0 Å². The van der Waals surface area contributed by atoms with Gasteiger partial charge in [-0.05, 0) is 62.2 Å². The summed E-state index contributed by atoms with van der Waals surface area (Å²) in [6.07, 6.45) is 0. The summed E-state index contributed by atoms with van der Waals surface area (Å²) in [6.45, 7) is 5.83. The molecule has 1 unspecified atom stereocenters. The van der Waals surface area contributed by atoms with E-state index in [0.717, 1.165) is 28.6 Å². The molecule has 0 aliphatic heterocycles. The van der Waals surface area contributed by atoms with Gasteiger partial charge in [-0.15, -0.1) is 10.2 Å². The third-order valence-electron chi connectivity index (χ3n) is 4.14. The van der Waals surface area contributed by atoms with Crippen molar-refractivity contribution in [1.29, 1.82) is 0 Å². The highest BCUT2D eigenvalue weighted by Gasteiger charge is 2.20. The van der Waals surface area contributed by atoms with Gasteiger partial charge in [0.15, 0.2) is 5.82 Å². The molecule has 1 aromatic heterocycles. The van der Waals surface area contributed by atoms with E-state index in [2.05, 4.69) is 21.6 Å². The number of hydrogen-bond acceptors (Lipinski definition) is 6. The van der Waals surface area contributed by atoms with Crippen LogP contribution in [0.1, 0.15) is 23.9 Å². The number of carbonyl (C=O) groups excluding carboxylic acids is 1. The van der Waals surface area contributed by atoms with Crippen LogP contribution in [0.15, 0.2) is 41.6 Å². The second-order valence-electron chi connectivity index (χ2n) is 6.76. The highest BCUT2D eigenvalue weighted by Crippen LogP contribution is 2.24. The summed E-state index contributed by atoms with van der Waals surface area (Å²) in [7, 11) is 0. The maximum absolute atomic E-state index is 13.2. The highest BCUT2D eigenvalue weighted by molar-refractivity contribution is 8.00. The number of anilines is 1. The number of halogens is 2. The van der Waals surface area contributed by atoms with E-state index < -0.39 is 11.1 Å². The first kappa shape index (κ1) is 21.9. The minimum atomic E-state index is -0.552. The Kier molecular flexibility index (Phi) is 6.84. The van der Waals surface area contributed by atoms with Crippen LogP contribution in [0.2, 0.25) is 5.02 Å². The van der Waals surface area contributed by atoms with Crippen molar-refractivity contribution in [2.75, 3.05) is 11.2 Å². The first-order valence-electron chi connectivity index (χ1n) is 9.06. The standard InChI is InChI=1S/C20H21ClFN5O2S/c1-11-6-12(2)8-15(7-11)29-10-18-25-26-20(27(18)23)30-13(3)19(28)24-14-4-5-17(22)16(21)9-14/h4-9,13H,10,23H2,1-3H3,(H,24,28). The Bertz CT molecular complexity index is 1060. The number of benzene rings is 2. The van der Waals surface area contributed by atoms with E-state index in [9.17, 15) is 9.18 Å². The molecule has 2 aromatic carbocycles. The maximum atomic E-state index is 13.2. The Morgan fingerprint density at radius 1 is 1.27 bits per heavy atom. The molecule has 30 heavy (non-hydrogen) atoms. The lowest BCUT2D eigenvalue weighted by molar-refractivity contribution is -0.115. The second-order valence-corrected chi connectivity index (χ2v) is 8.47. The SMILES string of the molecule is Cc1cc(C)cc(OCc2nnc(SC(C)C(=O)Nc3ccc(F)c(Cl)c3)n2N)c1. The average Bonchev–Trinajstić information content (AvgIpc) is 3.02. The molecule has 158 valence electrons. The number of carbonyl (C=O) groups is 1. The number of hydrogen-bond donors (Lipinski definition) is 2. The lowest BCUT2D eigenvalue weighted by atomic mass is 10.1. The Hall–Kier alpha value is -2.78. The zero-order valence-corrected chi connectivity index (χ0v) is 18.2. The molecule has 0 aliphatic rings. The van der Waals surface area contributed by atoms with E-state index >= 15 is 0 Å². The number of thioether (sulfide) groups is 1. The normalized spacial score (nSPS) is 11.9.